The first-order valence-electron chi connectivity index (χ1n) is 4.02. The summed E-state index contributed by atoms with van der Waals surface area (Å²) < 4.78 is 4.32. The predicted molar refractivity (Wildman–Crippen MR) is 54.3 cm³/mol. The van der Waals surface area contributed by atoms with Gasteiger partial charge in [0.25, 0.3) is 0 Å². The Hall–Kier alpha value is -0.850. The molecule has 0 bridgehead atoms. The van der Waals surface area contributed by atoms with Gasteiger partial charge in [0.2, 0.25) is 4.51 Å². The van der Waals surface area contributed by atoms with E-state index < -0.39 is 4.51 Å². The molecule has 1 atom stereocenters. The highest BCUT2D eigenvalue weighted by Crippen LogP contribution is 2.31. The van der Waals surface area contributed by atoms with Gasteiger partial charge in [-0.2, -0.15) is 5.26 Å². The molecule has 2 nitrogen and oxygen atoms in total. The van der Waals surface area contributed by atoms with Crippen molar-refractivity contribution >= 4 is 15.9 Å². The van der Waals surface area contributed by atoms with Crippen LogP contribution in [0.2, 0.25) is 0 Å². The van der Waals surface area contributed by atoms with Crippen molar-refractivity contribution in [2.24, 2.45) is 0 Å². The Morgan fingerprint density at radius 2 is 2.08 bits per heavy atom. The van der Waals surface area contributed by atoms with Crippen LogP contribution in [0.1, 0.15) is 12.5 Å². The maximum Gasteiger partial charge on any atom is 0.235 e. The van der Waals surface area contributed by atoms with Gasteiger partial charge in [0.15, 0.2) is 0 Å². The largest absolute Gasteiger partial charge is 0.347 e. The lowest BCUT2D eigenvalue weighted by Crippen LogP contribution is -2.19. The number of hydrogen-bond acceptors (Lipinski definition) is 2. The van der Waals surface area contributed by atoms with Crippen LogP contribution in [0.15, 0.2) is 30.3 Å². The predicted octanol–water partition coefficient (Wildman–Crippen LogP) is 2.79. The van der Waals surface area contributed by atoms with Crippen LogP contribution in [0.5, 0.6) is 0 Å². The molecule has 0 aliphatic carbocycles. The molecule has 1 rings (SSSR count). The molecule has 0 fully saturated rings. The average molecular weight is 240 g/mol. The maximum absolute atomic E-state index is 8.95. The van der Waals surface area contributed by atoms with Crippen LogP contribution in [-0.2, 0) is 9.25 Å². The highest BCUT2D eigenvalue weighted by atomic mass is 79.9. The molecule has 0 heterocycles. The smallest absolute Gasteiger partial charge is 0.235 e. The summed E-state index contributed by atoms with van der Waals surface area (Å²) in [5.74, 6) is 0. The molecule has 0 amide bonds. The molecule has 1 aromatic rings. The lowest BCUT2D eigenvalue weighted by molar-refractivity contribution is 0.0795. The second kappa shape index (κ2) is 4.40. The molecule has 0 aliphatic rings. The number of nitriles is 1. The Morgan fingerprint density at radius 1 is 1.46 bits per heavy atom. The number of nitrogens with zero attached hydrogens (tertiary/aromatic N) is 1. The standard InChI is InChI=1S/C10H10BrNO/c1-2-13-10(11,8-12)9-6-4-3-5-7-9/h3-7H,2H2,1H3. The fourth-order valence-electron chi connectivity index (χ4n) is 1.03. The Kier molecular flexibility index (Phi) is 3.47. The zero-order chi connectivity index (χ0) is 9.73. The number of halogens is 1. The minimum absolute atomic E-state index is 0.494. The van der Waals surface area contributed by atoms with Gasteiger partial charge in [0, 0.05) is 12.2 Å². The lowest BCUT2D eigenvalue weighted by atomic mass is 10.1. The van der Waals surface area contributed by atoms with Crippen molar-refractivity contribution < 1.29 is 4.74 Å². The third-order valence-corrected chi connectivity index (χ3v) is 2.50. The van der Waals surface area contributed by atoms with Crippen LogP contribution >= 0.6 is 15.9 Å². The van der Waals surface area contributed by atoms with Gasteiger partial charge < -0.3 is 4.74 Å². The number of rotatable bonds is 3. The number of ether oxygens (including phenoxy) is 1. The van der Waals surface area contributed by atoms with Crippen LogP contribution in [0.4, 0.5) is 0 Å². The SMILES string of the molecule is CCOC(Br)(C#N)c1ccccc1. The van der Waals surface area contributed by atoms with Crippen molar-refractivity contribution in [3.05, 3.63) is 35.9 Å². The molecule has 1 aromatic carbocycles. The van der Waals surface area contributed by atoms with Crippen molar-refractivity contribution in [2.45, 2.75) is 11.4 Å². The second-order valence-corrected chi connectivity index (χ2v) is 3.62. The molecule has 0 spiro atoms. The normalized spacial score (nSPS) is 14.5. The highest BCUT2D eigenvalue weighted by molar-refractivity contribution is 9.09. The molecule has 0 aromatic heterocycles. The molecule has 3 heteroatoms. The van der Waals surface area contributed by atoms with Gasteiger partial charge in [-0.15, -0.1) is 0 Å². The summed E-state index contributed by atoms with van der Waals surface area (Å²) in [5.41, 5.74) is 0.819. The van der Waals surface area contributed by atoms with Gasteiger partial charge in [-0.25, -0.2) is 0 Å². The zero-order valence-electron chi connectivity index (χ0n) is 7.33. The van der Waals surface area contributed by atoms with Crippen LogP contribution < -0.4 is 0 Å². The number of benzene rings is 1. The molecule has 1 unspecified atom stereocenters. The molecular formula is C10H10BrNO. The topological polar surface area (TPSA) is 33.0 Å². The summed E-state index contributed by atoms with van der Waals surface area (Å²) in [6, 6.07) is 11.5. The summed E-state index contributed by atoms with van der Waals surface area (Å²) in [5, 5.41) is 8.95. The fourth-order valence-corrected chi connectivity index (χ4v) is 1.52. The van der Waals surface area contributed by atoms with E-state index in [4.69, 9.17) is 10.00 Å². The second-order valence-electron chi connectivity index (χ2n) is 2.51. The van der Waals surface area contributed by atoms with Gasteiger partial charge in [0.1, 0.15) is 6.07 Å². The first-order chi connectivity index (χ1) is 6.23. The molecule has 0 aliphatic heterocycles. The third-order valence-electron chi connectivity index (χ3n) is 1.63. The quantitative estimate of drug-likeness (QED) is 0.761. The van der Waals surface area contributed by atoms with E-state index in [1.807, 2.05) is 37.3 Å². The van der Waals surface area contributed by atoms with E-state index in [1.165, 1.54) is 0 Å². The summed E-state index contributed by atoms with van der Waals surface area (Å²) >= 11 is 3.27. The van der Waals surface area contributed by atoms with Crippen molar-refractivity contribution in [3.8, 4) is 6.07 Å². The van der Waals surface area contributed by atoms with Crippen molar-refractivity contribution in [3.63, 3.8) is 0 Å². The first kappa shape index (κ1) is 10.2. The van der Waals surface area contributed by atoms with Gasteiger partial charge in [-0.3, -0.25) is 0 Å². The molecule has 0 N–H and O–H groups in total. The molecule has 0 saturated heterocycles. The molecule has 13 heavy (non-hydrogen) atoms. The van der Waals surface area contributed by atoms with Crippen LogP contribution in [0.3, 0.4) is 0 Å². The monoisotopic (exact) mass is 239 g/mol. The van der Waals surface area contributed by atoms with Gasteiger partial charge in [-0.05, 0) is 22.9 Å². The van der Waals surface area contributed by atoms with E-state index in [0.717, 1.165) is 5.56 Å². The van der Waals surface area contributed by atoms with Crippen LogP contribution in [0.25, 0.3) is 0 Å². The average Bonchev–Trinajstić information content (AvgIpc) is 2.19. The Morgan fingerprint density at radius 3 is 2.54 bits per heavy atom. The van der Waals surface area contributed by atoms with Crippen molar-refractivity contribution in [2.75, 3.05) is 6.61 Å². The molecule has 68 valence electrons. The highest BCUT2D eigenvalue weighted by Gasteiger charge is 2.28. The van der Waals surface area contributed by atoms with E-state index in [1.54, 1.807) is 0 Å². The van der Waals surface area contributed by atoms with Crippen molar-refractivity contribution in [1.29, 1.82) is 5.26 Å². The Balaban J connectivity index is 2.98. The van der Waals surface area contributed by atoms with E-state index in [2.05, 4.69) is 22.0 Å². The van der Waals surface area contributed by atoms with E-state index in [0.29, 0.717) is 6.61 Å². The van der Waals surface area contributed by atoms with E-state index in [9.17, 15) is 0 Å². The third kappa shape index (κ3) is 2.30. The fraction of sp³-hybridized carbons (Fsp3) is 0.300. The molecule has 0 saturated carbocycles. The Bertz CT molecular complexity index is 306. The van der Waals surface area contributed by atoms with Crippen molar-refractivity contribution in [1.82, 2.24) is 0 Å². The summed E-state index contributed by atoms with van der Waals surface area (Å²) in [6.45, 7) is 2.35. The van der Waals surface area contributed by atoms with Crippen LogP contribution in [-0.4, -0.2) is 6.61 Å². The molecule has 0 radical (unpaired) electrons. The molecular weight excluding hydrogens is 230 g/mol. The van der Waals surface area contributed by atoms with E-state index >= 15 is 0 Å². The maximum atomic E-state index is 8.95. The zero-order valence-corrected chi connectivity index (χ0v) is 8.91. The number of hydrogen-bond donors (Lipinski definition) is 0. The summed E-state index contributed by atoms with van der Waals surface area (Å²) in [7, 11) is 0. The lowest BCUT2D eigenvalue weighted by Gasteiger charge is -2.19. The first-order valence-corrected chi connectivity index (χ1v) is 4.82. The summed E-state index contributed by atoms with van der Waals surface area (Å²) in [4.78, 5) is 0. The van der Waals surface area contributed by atoms with Crippen LogP contribution in [0, 0.1) is 11.3 Å². The van der Waals surface area contributed by atoms with Gasteiger partial charge >= 0.3 is 0 Å². The minimum Gasteiger partial charge on any atom is -0.347 e. The van der Waals surface area contributed by atoms with Gasteiger partial charge in [0.05, 0.1) is 0 Å². The van der Waals surface area contributed by atoms with Gasteiger partial charge in [-0.1, -0.05) is 30.3 Å². The minimum atomic E-state index is -0.997. The van der Waals surface area contributed by atoms with E-state index in [-0.39, 0.29) is 0 Å². The summed E-state index contributed by atoms with van der Waals surface area (Å²) in [6.07, 6.45) is 0. The number of alkyl halides is 1. The Labute approximate surface area is 86.3 Å².